The topological polar surface area (TPSA) is 49.4 Å². The van der Waals surface area contributed by atoms with E-state index in [9.17, 15) is 9.59 Å². The molecule has 0 spiro atoms. The standard InChI is InChI=1S/C10H14N2O2/c13-9-5-11-1-2-12(9)8-4-6-3-7(6)10(8)14/h6-8,11H,1-5H2. The maximum Gasteiger partial charge on any atom is 0.237 e. The summed E-state index contributed by atoms with van der Waals surface area (Å²) < 4.78 is 0. The monoisotopic (exact) mass is 194 g/mol. The van der Waals surface area contributed by atoms with Crippen molar-refractivity contribution in [3.05, 3.63) is 0 Å². The number of Topliss-reactive ketones (excluding diaryl/α,β-unsaturated/α-hetero) is 1. The van der Waals surface area contributed by atoms with E-state index in [1.54, 1.807) is 4.90 Å². The van der Waals surface area contributed by atoms with Gasteiger partial charge in [0.1, 0.15) is 0 Å². The summed E-state index contributed by atoms with van der Waals surface area (Å²) in [6.07, 6.45) is 2.00. The maximum atomic E-state index is 11.8. The van der Waals surface area contributed by atoms with Crippen LogP contribution < -0.4 is 5.32 Å². The molecule has 14 heavy (non-hydrogen) atoms. The zero-order chi connectivity index (χ0) is 9.71. The third-order valence-corrected chi connectivity index (χ3v) is 3.64. The summed E-state index contributed by atoms with van der Waals surface area (Å²) in [5.41, 5.74) is 0. The molecule has 1 aliphatic heterocycles. The first-order valence-electron chi connectivity index (χ1n) is 5.31. The smallest absolute Gasteiger partial charge is 0.237 e. The number of nitrogens with one attached hydrogen (secondary N) is 1. The van der Waals surface area contributed by atoms with Gasteiger partial charge < -0.3 is 10.2 Å². The summed E-state index contributed by atoms with van der Waals surface area (Å²) in [6, 6.07) is -0.0756. The molecule has 1 amide bonds. The van der Waals surface area contributed by atoms with Crippen LogP contribution in [0.1, 0.15) is 12.8 Å². The zero-order valence-corrected chi connectivity index (χ0v) is 8.03. The van der Waals surface area contributed by atoms with Gasteiger partial charge in [0, 0.05) is 19.0 Å². The van der Waals surface area contributed by atoms with E-state index in [4.69, 9.17) is 0 Å². The number of carbonyl (C=O) groups is 2. The number of carbonyl (C=O) groups excluding carboxylic acids is 2. The highest BCUT2D eigenvalue weighted by Crippen LogP contribution is 2.50. The lowest BCUT2D eigenvalue weighted by molar-refractivity contribution is -0.140. The molecule has 1 saturated heterocycles. The van der Waals surface area contributed by atoms with E-state index in [2.05, 4.69) is 5.32 Å². The number of fused-ring (bicyclic) bond motifs is 1. The maximum absolute atomic E-state index is 11.8. The van der Waals surface area contributed by atoms with Crippen LogP contribution in [-0.4, -0.2) is 42.3 Å². The number of hydrogen-bond acceptors (Lipinski definition) is 3. The predicted molar refractivity (Wildman–Crippen MR) is 49.6 cm³/mol. The molecule has 3 unspecified atom stereocenters. The predicted octanol–water partition coefficient (Wildman–Crippen LogP) is -0.604. The van der Waals surface area contributed by atoms with Gasteiger partial charge in [0.2, 0.25) is 5.91 Å². The van der Waals surface area contributed by atoms with E-state index in [1.807, 2.05) is 0 Å². The first-order chi connectivity index (χ1) is 6.77. The van der Waals surface area contributed by atoms with E-state index >= 15 is 0 Å². The molecule has 1 N–H and O–H groups in total. The van der Waals surface area contributed by atoms with Gasteiger partial charge in [0.25, 0.3) is 0 Å². The summed E-state index contributed by atoms with van der Waals surface area (Å²) >= 11 is 0. The molecule has 3 fully saturated rings. The lowest BCUT2D eigenvalue weighted by Gasteiger charge is -2.32. The van der Waals surface area contributed by atoms with E-state index in [0.717, 1.165) is 19.4 Å². The van der Waals surface area contributed by atoms with Gasteiger partial charge in [-0.25, -0.2) is 0 Å². The Balaban J connectivity index is 1.75. The molecular formula is C10H14N2O2. The van der Waals surface area contributed by atoms with Gasteiger partial charge in [-0.05, 0) is 18.8 Å². The Hall–Kier alpha value is -0.900. The average molecular weight is 194 g/mol. The molecule has 1 heterocycles. The van der Waals surface area contributed by atoms with Gasteiger partial charge in [-0.2, -0.15) is 0 Å². The van der Waals surface area contributed by atoms with E-state index in [1.165, 1.54) is 0 Å². The molecule has 76 valence electrons. The number of rotatable bonds is 1. The molecular weight excluding hydrogens is 180 g/mol. The molecule has 0 radical (unpaired) electrons. The van der Waals surface area contributed by atoms with Crippen molar-refractivity contribution in [2.75, 3.05) is 19.6 Å². The van der Waals surface area contributed by atoms with Crippen LogP contribution in [-0.2, 0) is 9.59 Å². The summed E-state index contributed by atoms with van der Waals surface area (Å²) in [5, 5.41) is 3.02. The molecule has 3 aliphatic rings. The molecule has 4 nitrogen and oxygen atoms in total. The second-order valence-electron chi connectivity index (χ2n) is 4.52. The van der Waals surface area contributed by atoms with Crippen LogP contribution in [0.4, 0.5) is 0 Å². The molecule has 0 aromatic rings. The number of amides is 1. The normalized spacial score (nSPS) is 41.4. The fourth-order valence-corrected chi connectivity index (χ4v) is 2.74. The number of hydrogen-bond donors (Lipinski definition) is 1. The van der Waals surface area contributed by atoms with Gasteiger partial charge in [0.05, 0.1) is 12.6 Å². The van der Waals surface area contributed by atoms with Crippen LogP contribution in [0.15, 0.2) is 0 Å². The molecule has 0 bridgehead atoms. The van der Waals surface area contributed by atoms with Crippen molar-refractivity contribution < 1.29 is 9.59 Å². The minimum absolute atomic E-state index is 0.0756. The summed E-state index contributed by atoms with van der Waals surface area (Å²) in [7, 11) is 0. The molecule has 3 atom stereocenters. The molecule has 2 saturated carbocycles. The summed E-state index contributed by atoms with van der Waals surface area (Å²) in [4.78, 5) is 25.1. The number of piperazine rings is 1. The Morgan fingerprint density at radius 1 is 1.29 bits per heavy atom. The average Bonchev–Trinajstić information content (AvgIpc) is 2.88. The highest BCUT2D eigenvalue weighted by molar-refractivity contribution is 5.95. The van der Waals surface area contributed by atoms with Crippen LogP contribution >= 0.6 is 0 Å². The Morgan fingerprint density at radius 3 is 2.79 bits per heavy atom. The molecule has 2 aliphatic carbocycles. The van der Waals surface area contributed by atoms with Crippen molar-refractivity contribution >= 4 is 11.7 Å². The zero-order valence-electron chi connectivity index (χ0n) is 8.03. The van der Waals surface area contributed by atoms with Crippen molar-refractivity contribution in [1.29, 1.82) is 0 Å². The van der Waals surface area contributed by atoms with Crippen LogP contribution in [0.25, 0.3) is 0 Å². The SMILES string of the molecule is O=C1C2CC2CC1N1CCNCC1=O. The third-order valence-electron chi connectivity index (χ3n) is 3.64. The van der Waals surface area contributed by atoms with E-state index < -0.39 is 0 Å². The van der Waals surface area contributed by atoms with Crippen molar-refractivity contribution in [3.63, 3.8) is 0 Å². The molecule has 3 rings (SSSR count). The fraction of sp³-hybridized carbons (Fsp3) is 0.800. The number of nitrogens with zero attached hydrogens (tertiary/aromatic N) is 1. The highest BCUT2D eigenvalue weighted by Gasteiger charge is 2.55. The third kappa shape index (κ3) is 1.10. The largest absolute Gasteiger partial charge is 0.330 e. The van der Waals surface area contributed by atoms with Crippen LogP contribution in [0.5, 0.6) is 0 Å². The van der Waals surface area contributed by atoms with Crippen molar-refractivity contribution in [3.8, 4) is 0 Å². The van der Waals surface area contributed by atoms with Gasteiger partial charge in [-0.3, -0.25) is 9.59 Å². The van der Waals surface area contributed by atoms with Gasteiger partial charge in [0.15, 0.2) is 5.78 Å². The van der Waals surface area contributed by atoms with Crippen molar-refractivity contribution in [2.45, 2.75) is 18.9 Å². The Morgan fingerprint density at radius 2 is 2.14 bits per heavy atom. The van der Waals surface area contributed by atoms with Crippen molar-refractivity contribution in [1.82, 2.24) is 10.2 Å². The molecule has 0 aromatic heterocycles. The van der Waals surface area contributed by atoms with Crippen LogP contribution in [0.3, 0.4) is 0 Å². The van der Waals surface area contributed by atoms with Crippen LogP contribution in [0.2, 0.25) is 0 Å². The summed E-state index contributed by atoms with van der Waals surface area (Å²) in [5.74, 6) is 1.33. The van der Waals surface area contributed by atoms with Crippen molar-refractivity contribution in [2.24, 2.45) is 11.8 Å². The molecule has 4 heteroatoms. The van der Waals surface area contributed by atoms with Gasteiger partial charge in [-0.1, -0.05) is 0 Å². The fourth-order valence-electron chi connectivity index (χ4n) is 2.74. The van der Waals surface area contributed by atoms with Gasteiger partial charge in [-0.15, -0.1) is 0 Å². The van der Waals surface area contributed by atoms with Gasteiger partial charge >= 0.3 is 0 Å². The van der Waals surface area contributed by atoms with E-state index in [0.29, 0.717) is 30.7 Å². The second-order valence-corrected chi connectivity index (χ2v) is 4.52. The quantitative estimate of drug-likeness (QED) is 0.606. The summed E-state index contributed by atoms with van der Waals surface area (Å²) in [6.45, 7) is 1.93. The minimum Gasteiger partial charge on any atom is -0.330 e. The lowest BCUT2D eigenvalue weighted by Crippen LogP contribution is -2.54. The van der Waals surface area contributed by atoms with E-state index in [-0.39, 0.29) is 11.9 Å². The highest BCUT2D eigenvalue weighted by atomic mass is 16.2. The Kier molecular flexibility index (Phi) is 1.68. The Labute approximate surface area is 82.6 Å². The Bertz CT molecular complexity index is 302. The lowest BCUT2D eigenvalue weighted by atomic mass is 10.1. The second kappa shape index (κ2) is 2.79. The first kappa shape index (κ1) is 8.41. The minimum atomic E-state index is -0.0756. The molecule has 0 aromatic carbocycles. The first-order valence-corrected chi connectivity index (χ1v) is 5.31. The van der Waals surface area contributed by atoms with Crippen LogP contribution in [0, 0.1) is 11.8 Å². The number of ketones is 1.